The fraction of sp³-hybridized carbons (Fsp3) is 0.364. The number of amides is 2. The second-order valence-electron chi connectivity index (χ2n) is 7.56. The molecule has 0 spiro atoms. The molecule has 0 aromatic heterocycles. The van der Waals surface area contributed by atoms with Crippen molar-refractivity contribution in [1.82, 2.24) is 9.62 Å². The molecule has 1 atom stereocenters. The van der Waals surface area contributed by atoms with Crippen molar-refractivity contribution in [3.05, 3.63) is 65.5 Å². The first-order valence-corrected chi connectivity index (χ1v) is 12.1. The first kappa shape index (κ1) is 23.8. The number of carbonyl (C=O) groups is 2. The summed E-state index contributed by atoms with van der Waals surface area (Å²) in [7, 11) is -3.80. The maximum atomic E-state index is 14.0. The number of nitrogens with zero attached hydrogens (tertiary/aromatic N) is 1. The van der Waals surface area contributed by atoms with Gasteiger partial charge in [-0.05, 0) is 31.0 Å². The normalized spacial score (nSPS) is 16.2. The second-order valence-corrected chi connectivity index (χ2v) is 9.54. The lowest BCUT2D eigenvalue weighted by molar-refractivity contribution is -0.116. The molecule has 0 bridgehead atoms. The molecule has 8 nitrogen and oxygen atoms in total. The molecule has 0 aliphatic carbocycles. The van der Waals surface area contributed by atoms with E-state index < -0.39 is 28.3 Å². The average molecular weight is 464 g/mol. The molecule has 32 heavy (non-hydrogen) atoms. The van der Waals surface area contributed by atoms with Gasteiger partial charge in [0, 0.05) is 25.3 Å². The Morgan fingerprint density at radius 2 is 1.88 bits per heavy atom. The molecule has 0 radical (unpaired) electrons. The van der Waals surface area contributed by atoms with Gasteiger partial charge in [-0.2, -0.15) is 4.31 Å². The molecule has 1 aliphatic heterocycles. The highest BCUT2D eigenvalue weighted by Crippen LogP contribution is 2.17. The summed E-state index contributed by atoms with van der Waals surface area (Å²) >= 11 is 0. The van der Waals surface area contributed by atoms with Crippen LogP contribution in [0.2, 0.25) is 0 Å². The maximum Gasteiger partial charge on any atom is 0.253 e. The lowest BCUT2D eigenvalue weighted by Gasteiger charge is -2.20. The van der Waals surface area contributed by atoms with Gasteiger partial charge in [0.1, 0.15) is 5.82 Å². The predicted molar refractivity (Wildman–Crippen MR) is 118 cm³/mol. The van der Waals surface area contributed by atoms with Crippen molar-refractivity contribution in [3.8, 4) is 0 Å². The molecule has 172 valence electrons. The molecule has 3 rings (SSSR count). The van der Waals surface area contributed by atoms with E-state index in [1.807, 2.05) is 0 Å². The lowest BCUT2D eigenvalue weighted by atomic mass is 10.1. The van der Waals surface area contributed by atoms with E-state index in [0.717, 1.165) is 23.4 Å². The van der Waals surface area contributed by atoms with Crippen LogP contribution in [-0.2, 0) is 26.1 Å². The minimum atomic E-state index is -3.80. The van der Waals surface area contributed by atoms with Crippen LogP contribution in [0.4, 0.5) is 10.1 Å². The monoisotopic (exact) mass is 463 g/mol. The van der Waals surface area contributed by atoms with E-state index in [1.54, 1.807) is 30.3 Å². The zero-order chi connectivity index (χ0) is 23.1. The van der Waals surface area contributed by atoms with Crippen molar-refractivity contribution >= 4 is 27.5 Å². The molecule has 1 saturated heterocycles. The summed E-state index contributed by atoms with van der Waals surface area (Å²) in [5.74, 6) is -1.58. The molecule has 0 saturated carbocycles. The highest BCUT2D eigenvalue weighted by atomic mass is 32.2. The topological polar surface area (TPSA) is 105 Å². The summed E-state index contributed by atoms with van der Waals surface area (Å²) in [4.78, 5) is 25.2. The number of para-hydroxylation sites is 1. The molecule has 2 N–H and O–H groups in total. The molecular weight excluding hydrogens is 437 g/mol. The predicted octanol–water partition coefficient (Wildman–Crippen LogP) is 2.13. The zero-order valence-electron chi connectivity index (χ0n) is 17.7. The van der Waals surface area contributed by atoms with Crippen LogP contribution in [0.1, 0.15) is 28.8 Å². The summed E-state index contributed by atoms with van der Waals surface area (Å²) in [5.41, 5.74) is 0.653. The van der Waals surface area contributed by atoms with E-state index >= 15 is 0 Å². The summed E-state index contributed by atoms with van der Waals surface area (Å²) < 4.78 is 44.7. The van der Waals surface area contributed by atoms with Crippen LogP contribution >= 0.6 is 0 Å². The maximum absolute atomic E-state index is 14.0. The van der Waals surface area contributed by atoms with Crippen molar-refractivity contribution in [3.63, 3.8) is 0 Å². The number of sulfonamides is 1. The smallest absolute Gasteiger partial charge is 0.253 e. The van der Waals surface area contributed by atoms with Gasteiger partial charge in [-0.15, -0.1) is 0 Å². The Labute approximate surface area is 186 Å². The third-order valence-electron chi connectivity index (χ3n) is 5.05. The highest BCUT2D eigenvalue weighted by Gasteiger charge is 2.23. The van der Waals surface area contributed by atoms with Crippen LogP contribution in [0.3, 0.4) is 0 Å². The van der Waals surface area contributed by atoms with Gasteiger partial charge in [0.05, 0.1) is 30.2 Å². The second kappa shape index (κ2) is 10.7. The van der Waals surface area contributed by atoms with Crippen molar-refractivity contribution in [2.24, 2.45) is 0 Å². The van der Waals surface area contributed by atoms with Crippen LogP contribution in [0.5, 0.6) is 0 Å². The summed E-state index contributed by atoms with van der Waals surface area (Å²) in [6, 6.07) is 12.2. The number of hydrogen-bond acceptors (Lipinski definition) is 5. The van der Waals surface area contributed by atoms with Gasteiger partial charge < -0.3 is 15.4 Å². The van der Waals surface area contributed by atoms with E-state index in [-0.39, 0.29) is 35.4 Å². The molecule has 1 aliphatic rings. The third kappa shape index (κ3) is 6.59. The molecule has 0 unspecified atom stereocenters. The fourth-order valence-corrected chi connectivity index (χ4v) is 4.08. The van der Waals surface area contributed by atoms with Gasteiger partial charge in [0.2, 0.25) is 15.9 Å². The standard InChI is InChI=1S/C22H26FN3O5S/c1-32(29,30)26(14-16-7-2-4-10-19(16)23)15-21(27)25-20-11-5-3-9-18(20)22(28)24-13-17-8-6-12-31-17/h2-5,7,9-11,17H,6,8,12-15H2,1H3,(H,24,28)(H,25,27)/t17-/m0/s1. The van der Waals surface area contributed by atoms with Crippen LogP contribution in [0.15, 0.2) is 48.5 Å². The Kier molecular flexibility index (Phi) is 7.94. The summed E-state index contributed by atoms with van der Waals surface area (Å²) in [6.45, 7) is 0.226. The number of hydrogen-bond donors (Lipinski definition) is 2. The lowest BCUT2D eigenvalue weighted by Crippen LogP contribution is -2.37. The Hall–Kier alpha value is -2.82. The van der Waals surface area contributed by atoms with Gasteiger partial charge >= 0.3 is 0 Å². The van der Waals surface area contributed by atoms with E-state index in [1.165, 1.54) is 18.2 Å². The van der Waals surface area contributed by atoms with Crippen LogP contribution in [0, 0.1) is 5.82 Å². The van der Waals surface area contributed by atoms with Crippen LogP contribution in [-0.4, -0.2) is 56.6 Å². The van der Waals surface area contributed by atoms with Crippen molar-refractivity contribution in [1.29, 1.82) is 0 Å². The number of halogens is 1. The van der Waals surface area contributed by atoms with Gasteiger partial charge in [0.25, 0.3) is 5.91 Å². The van der Waals surface area contributed by atoms with E-state index in [9.17, 15) is 22.4 Å². The Bertz CT molecular complexity index is 1070. The Morgan fingerprint density at radius 3 is 2.56 bits per heavy atom. The number of nitrogens with one attached hydrogen (secondary N) is 2. The number of ether oxygens (including phenoxy) is 1. The van der Waals surface area contributed by atoms with Gasteiger partial charge in [0.15, 0.2) is 0 Å². The minimum Gasteiger partial charge on any atom is -0.376 e. The van der Waals surface area contributed by atoms with Gasteiger partial charge in [-0.3, -0.25) is 9.59 Å². The molecular formula is C22H26FN3O5S. The zero-order valence-corrected chi connectivity index (χ0v) is 18.5. The van der Waals surface area contributed by atoms with Crippen LogP contribution in [0.25, 0.3) is 0 Å². The first-order chi connectivity index (χ1) is 15.2. The largest absolute Gasteiger partial charge is 0.376 e. The number of benzene rings is 2. The van der Waals surface area contributed by atoms with E-state index in [4.69, 9.17) is 4.74 Å². The highest BCUT2D eigenvalue weighted by molar-refractivity contribution is 7.88. The van der Waals surface area contributed by atoms with Crippen molar-refractivity contribution in [2.75, 3.05) is 31.3 Å². The van der Waals surface area contributed by atoms with E-state index in [2.05, 4.69) is 10.6 Å². The van der Waals surface area contributed by atoms with Crippen molar-refractivity contribution < 1.29 is 27.1 Å². The molecule has 2 amide bonds. The Morgan fingerprint density at radius 1 is 1.16 bits per heavy atom. The summed E-state index contributed by atoms with van der Waals surface area (Å²) in [5, 5.41) is 5.39. The van der Waals surface area contributed by atoms with Gasteiger partial charge in [-0.1, -0.05) is 30.3 Å². The molecule has 2 aromatic rings. The quantitative estimate of drug-likeness (QED) is 0.593. The molecule has 2 aromatic carbocycles. The minimum absolute atomic E-state index is 0.0256. The number of rotatable bonds is 9. The SMILES string of the molecule is CS(=O)(=O)N(CC(=O)Nc1ccccc1C(=O)NC[C@@H]1CCCO1)Cc1ccccc1F. The Balaban J connectivity index is 1.67. The third-order valence-corrected chi connectivity index (χ3v) is 6.25. The number of anilines is 1. The fourth-order valence-electron chi connectivity index (χ4n) is 3.35. The summed E-state index contributed by atoms with van der Waals surface area (Å²) in [6.07, 6.45) is 2.76. The molecule has 1 fully saturated rings. The van der Waals surface area contributed by atoms with Crippen LogP contribution < -0.4 is 10.6 Å². The van der Waals surface area contributed by atoms with Crippen molar-refractivity contribution in [2.45, 2.75) is 25.5 Å². The average Bonchev–Trinajstić information content (AvgIpc) is 3.26. The molecule has 1 heterocycles. The van der Waals surface area contributed by atoms with Gasteiger partial charge in [-0.25, -0.2) is 12.8 Å². The first-order valence-electron chi connectivity index (χ1n) is 10.2. The number of carbonyl (C=O) groups excluding carboxylic acids is 2. The molecule has 10 heteroatoms. The van der Waals surface area contributed by atoms with E-state index in [0.29, 0.717) is 13.2 Å².